The molecule has 2 rings (SSSR count). The summed E-state index contributed by atoms with van der Waals surface area (Å²) >= 11 is 0. The van der Waals surface area contributed by atoms with Crippen molar-refractivity contribution >= 4 is 17.4 Å². The van der Waals surface area contributed by atoms with Crippen molar-refractivity contribution in [2.45, 2.75) is 77.8 Å². The Labute approximate surface area is 166 Å². The molecule has 1 aliphatic rings. The molecule has 0 radical (unpaired) electrons. The van der Waals surface area contributed by atoms with Crippen LogP contribution in [0.25, 0.3) is 0 Å². The van der Waals surface area contributed by atoms with Crippen molar-refractivity contribution < 1.29 is 4.79 Å². The number of aromatic nitrogens is 2. The number of aromatic amines is 1. The number of likely N-dealkylation sites (N-methyl/N-ethyl adjacent to an activating group) is 2. The number of carbonyl (C=O) groups is 1. The van der Waals surface area contributed by atoms with Gasteiger partial charge in [-0.15, -0.1) is 0 Å². The molecule has 1 aromatic heterocycles. The van der Waals surface area contributed by atoms with E-state index in [-0.39, 0.29) is 24.0 Å². The highest BCUT2D eigenvalue weighted by Gasteiger charge is 2.26. The summed E-state index contributed by atoms with van der Waals surface area (Å²) in [5, 5.41) is 0. The van der Waals surface area contributed by atoms with E-state index in [1.54, 1.807) is 0 Å². The summed E-state index contributed by atoms with van der Waals surface area (Å²) < 4.78 is 1.35. The Hall–Kier alpha value is -2.09. The van der Waals surface area contributed by atoms with Gasteiger partial charge in [-0.25, -0.2) is 4.79 Å². The van der Waals surface area contributed by atoms with Crippen molar-refractivity contribution in [1.82, 2.24) is 14.5 Å². The first-order chi connectivity index (χ1) is 13.4. The third-order valence-electron chi connectivity index (χ3n) is 5.67. The zero-order valence-electron chi connectivity index (χ0n) is 17.5. The van der Waals surface area contributed by atoms with Crippen LogP contribution in [0.4, 0.5) is 11.5 Å². The van der Waals surface area contributed by atoms with Gasteiger partial charge in [-0.1, -0.05) is 39.0 Å². The normalized spacial score (nSPS) is 15.6. The molecule has 158 valence electrons. The quantitative estimate of drug-likeness (QED) is 0.657. The average molecular weight is 394 g/mol. The number of nitrogens with zero attached hydrogens (tertiary/aromatic N) is 3. The number of nitrogens with one attached hydrogen (secondary N) is 1. The highest BCUT2D eigenvalue weighted by atomic mass is 16.2. The number of nitrogens with two attached hydrogens (primary N) is 1. The van der Waals surface area contributed by atoms with Crippen molar-refractivity contribution in [3.63, 3.8) is 0 Å². The molecule has 1 saturated carbocycles. The average Bonchev–Trinajstić information content (AvgIpc) is 2.94. The second-order valence-corrected chi connectivity index (χ2v) is 7.70. The van der Waals surface area contributed by atoms with Crippen LogP contribution < -0.4 is 21.9 Å². The van der Waals surface area contributed by atoms with Crippen molar-refractivity contribution in [3.8, 4) is 0 Å². The predicted octanol–water partition coefficient (Wildman–Crippen LogP) is 1.93. The Balaban J connectivity index is 2.24. The molecule has 28 heavy (non-hydrogen) atoms. The van der Waals surface area contributed by atoms with Crippen LogP contribution in [0.1, 0.15) is 65.2 Å². The molecule has 0 aliphatic heterocycles. The summed E-state index contributed by atoms with van der Waals surface area (Å²) in [4.78, 5) is 43.4. The van der Waals surface area contributed by atoms with E-state index < -0.39 is 11.2 Å². The fraction of sp³-hybridized carbons (Fsp3) is 0.750. The molecule has 0 bridgehead atoms. The number of anilines is 2. The number of H-pyrrole nitrogens is 1. The third-order valence-corrected chi connectivity index (χ3v) is 5.67. The summed E-state index contributed by atoms with van der Waals surface area (Å²) in [6, 6.07) is 0.388. The van der Waals surface area contributed by atoms with Crippen molar-refractivity contribution in [2.75, 3.05) is 30.8 Å². The van der Waals surface area contributed by atoms with Gasteiger partial charge in [-0.05, 0) is 33.2 Å². The van der Waals surface area contributed by atoms with Crippen LogP contribution in [0.3, 0.4) is 0 Å². The molecule has 1 aliphatic carbocycles. The summed E-state index contributed by atoms with van der Waals surface area (Å²) in [5.74, 6) is -0.110. The number of carbonyl (C=O) groups excluding carboxylic acids is 1. The van der Waals surface area contributed by atoms with Gasteiger partial charge in [0.15, 0.2) is 5.69 Å². The van der Waals surface area contributed by atoms with E-state index in [1.807, 2.05) is 20.9 Å². The lowest BCUT2D eigenvalue weighted by molar-refractivity contribution is -0.120. The lowest BCUT2D eigenvalue weighted by Crippen LogP contribution is -2.46. The van der Waals surface area contributed by atoms with E-state index in [2.05, 4.69) is 9.88 Å². The van der Waals surface area contributed by atoms with Gasteiger partial charge < -0.3 is 10.6 Å². The van der Waals surface area contributed by atoms with E-state index in [4.69, 9.17) is 5.73 Å². The Bertz CT molecular complexity index is 762. The highest BCUT2D eigenvalue weighted by molar-refractivity contribution is 5.96. The summed E-state index contributed by atoms with van der Waals surface area (Å²) in [6.45, 7) is 4.78. The molecular weight excluding hydrogens is 358 g/mol. The van der Waals surface area contributed by atoms with E-state index >= 15 is 0 Å². The second-order valence-electron chi connectivity index (χ2n) is 7.70. The minimum absolute atomic E-state index is 0.0644. The first kappa shape index (κ1) is 22.2. The minimum atomic E-state index is -0.609. The van der Waals surface area contributed by atoms with Gasteiger partial charge in [0.1, 0.15) is 5.82 Å². The van der Waals surface area contributed by atoms with Crippen molar-refractivity contribution in [2.24, 2.45) is 0 Å². The molecule has 3 N–H and O–H groups in total. The summed E-state index contributed by atoms with van der Waals surface area (Å²) in [7, 11) is 1.97. The molecule has 1 fully saturated rings. The largest absolute Gasteiger partial charge is 0.383 e. The van der Waals surface area contributed by atoms with Crippen LogP contribution in [0.5, 0.6) is 0 Å². The second kappa shape index (κ2) is 10.5. The summed E-state index contributed by atoms with van der Waals surface area (Å²) in [6.07, 6.45) is 8.74. The van der Waals surface area contributed by atoms with E-state index in [0.29, 0.717) is 19.1 Å². The molecular formula is C20H35N5O3. The van der Waals surface area contributed by atoms with Gasteiger partial charge in [0, 0.05) is 19.1 Å². The maximum absolute atomic E-state index is 13.0. The lowest BCUT2D eigenvalue weighted by Gasteiger charge is -2.30. The first-order valence-electron chi connectivity index (χ1n) is 10.5. The SMILES string of the molecule is CCCCn1c(N)c(N(CC)C(=O)CN(C)C2CCCCCC2)c(=O)[nH]c1=O. The van der Waals surface area contributed by atoms with Gasteiger partial charge in [0.05, 0.1) is 6.54 Å². The Morgan fingerprint density at radius 1 is 1.18 bits per heavy atom. The van der Waals surface area contributed by atoms with Crippen molar-refractivity contribution in [1.29, 1.82) is 0 Å². The van der Waals surface area contributed by atoms with Crippen molar-refractivity contribution in [3.05, 3.63) is 20.8 Å². The molecule has 1 heterocycles. The molecule has 1 amide bonds. The van der Waals surface area contributed by atoms with Crippen LogP contribution >= 0.6 is 0 Å². The summed E-state index contributed by atoms with van der Waals surface area (Å²) in [5.41, 5.74) is 5.11. The van der Waals surface area contributed by atoms with Crippen LogP contribution in [-0.4, -0.2) is 46.5 Å². The maximum Gasteiger partial charge on any atom is 0.330 e. The number of unbranched alkanes of at least 4 members (excludes halogenated alkanes) is 1. The topological polar surface area (TPSA) is 104 Å². The first-order valence-corrected chi connectivity index (χ1v) is 10.5. The molecule has 0 aromatic carbocycles. The fourth-order valence-corrected chi connectivity index (χ4v) is 3.96. The van der Waals surface area contributed by atoms with E-state index in [0.717, 1.165) is 25.7 Å². The molecule has 0 spiro atoms. The van der Waals surface area contributed by atoms with Crippen LogP contribution in [-0.2, 0) is 11.3 Å². The Morgan fingerprint density at radius 2 is 1.82 bits per heavy atom. The Morgan fingerprint density at radius 3 is 2.39 bits per heavy atom. The third kappa shape index (κ3) is 5.25. The Kier molecular flexibility index (Phi) is 8.29. The lowest BCUT2D eigenvalue weighted by atomic mass is 10.1. The highest BCUT2D eigenvalue weighted by Crippen LogP contribution is 2.22. The minimum Gasteiger partial charge on any atom is -0.383 e. The van der Waals surface area contributed by atoms with Crippen LogP contribution in [0, 0.1) is 0 Å². The van der Waals surface area contributed by atoms with E-state index in [1.165, 1.54) is 35.2 Å². The van der Waals surface area contributed by atoms with E-state index in [9.17, 15) is 14.4 Å². The maximum atomic E-state index is 13.0. The van der Waals surface area contributed by atoms with Gasteiger partial charge in [0.25, 0.3) is 5.56 Å². The molecule has 1 aromatic rings. The van der Waals surface area contributed by atoms with Gasteiger partial charge in [-0.2, -0.15) is 0 Å². The smallest absolute Gasteiger partial charge is 0.330 e. The van der Waals surface area contributed by atoms with Crippen LogP contribution in [0.2, 0.25) is 0 Å². The van der Waals surface area contributed by atoms with Gasteiger partial charge in [-0.3, -0.25) is 24.0 Å². The monoisotopic (exact) mass is 393 g/mol. The zero-order chi connectivity index (χ0) is 20.7. The van der Waals surface area contributed by atoms with Gasteiger partial charge in [0.2, 0.25) is 5.91 Å². The number of hydrogen-bond donors (Lipinski definition) is 2. The van der Waals surface area contributed by atoms with Gasteiger partial charge >= 0.3 is 5.69 Å². The fourth-order valence-electron chi connectivity index (χ4n) is 3.96. The molecule has 8 nitrogen and oxygen atoms in total. The molecule has 0 saturated heterocycles. The number of nitrogen functional groups attached to an aromatic ring is 1. The number of hydrogen-bond acceptors (Lipinski definition) is 5. The molecule has 0 unspecified atom stereocenters. The zero-order valence-corrected chi connectivity index (χ0v) is 17.5. The predicted molar refractivity (Wildman–Crippen MR) is 113 cm³/mol. The number of amides is 1. The molecule has 8 heteroatoms. The standard InChI is InChI=1S/C20H35N5O3/c1-4-6-13-25-18(21)17(19(27)22-20(25)28)24(5-2)16(26)14-23(3)15-11-9-7-8-10-12-15/h15H,4-14,21H2,1-3H3,(H,22,27,28). The number of rotatable bonds is 8. The molecule has 0 atom stereocenters. The van der Waals surface area contributed by atoms with Crippen LogP contribution in [0.15, 0.2) is 9.59 Å².